The molecule has 2 aromatic carbocycles. The minimum atomic E-state index is -4.66. The molecule has 0 heterocycles. The van der Waals surface area contributed by atoms with Crippen molar-refractivity contribution < 1.29 is 26.4 Å². The Morgan fingerprint density at radius 2 is 1.61 bits per heavy atom. The predicted octanol–water partition coefficient (Wildman–Crippen LogP) is 4.12. The zero-order valence-electron chi connectivity index (χ0n) is 15.8. The van der Waals surface area contributed by atoms with Crippen molar-refractivity contribution in [3.05, 3.63) is 59.2 Å². The van der Waals surface area contributed by atoms with Crippen molar-refractivity contribution in [1.82, 2.24) is 0 Å². The number of para-hydroxylation sites is 1. The number of nitrogens with one attached hydrogen (secondary N) is 1. The number of carbonyl (C=O) groups is 1. The van der Waals surface area contributed by atoms with Crippen LogP contribution in [0, 0.1) is 13.8 Å². The molecule has 9 heteroatoms. The first-order valence-electron chi connectivity index (χ1n) is 8.35. The summed E-state index contributed by atoms with van der Waals surface area (Å²) in [6.45, 7) is 4.88. The monoisotopic (exact) mass is 414 g/mol. The molecule has 0 saturated heterocycles. The number of halogens is 3. The number of nitrogens with zero attached hydrogens (tertiary/aromatic N) is 1. The summed E-state index contributed by atoms with van der Waals surface area (Å²) in [4.78, 5) is 12.6. The Morgan fingerprint density at radius 3 is 2.11 bits per heavy atom. The van der Waals surface area contributed by atoms with Gasteiger partial charge in [-0.25, -0.2) is 8.42 Å². The topological polar surface area (TPSA) is 66.5 Å². The molecule has 28 heavy (non-hydrogen) atoms. The molecule has 0 saturated carbocycles. The molecule has 0 radical (unpaired) electrons. The van der Waals surface area contributed by atoms with Gasteiger partial charge < -0.3 is 5.32 Å². The van der Waals surface area contributed by atoms with Gasteiger partial charge in [-0.3, -0.25) is 9.10 Å². The second kappa shape index (κ2) is 7.83. The zero-order chi connectivity index (χ0) is 21.3. The molecule has 1 unspecified atom stereocenters. The fraction of sp³-hybridized carbons (Fsp3) is 0.316. The first kappa shape index (κ1) is 21.7. The molecule has 2 aromatic rings. The lowest BCUT2D eigenvalue weighted by Crippen LogP contribution is -2.45. The summed E-state index contributed by atoms with van der Waals surface area (Å²) in [5, 5.41) is 2.20. The van der Waals surface area contributed by atoms with Crippen LogP contribution in [0.15, 0.2) is 42.5 Å². The third-order valence-electron chi connectivity index (χ3n) is 4.04. The highest BCUT2D eigenvalue weighted by atomic mass is 32.2. The molecule has 1 atom stereocenters. The van der Waals surface area contributed by atoms with Crippen molar-refractivity contribution in [1.29, 1.82) is 0 Å². The third kappa shape index (κ3) is 5.03. The molecule has 0 fully saturated rings. The molecule has 152 valence electrons. The van der Waals surface area contributed by atoms with E-state index in [0.717, 1.165) is 33.8 Å². The van der Waals surface area contributed by atoms with Gasteiger partial charge in [0.1, 0.15) is 6.04 Å². The Bertz CT molecular complexity index is 968. The molecule has 0 aromatic heterocycles. The molecular weight excluding hydrogens is 393 g/mol. The van der Waals surface area contributed by atoms with E-state index < -0.39 is 39.4 Å². The normalized spacial score (nSPS) is 13.1. The predicted molar refractivity (Wildman–Crippen MR) is 103 cm³/mol. The SMILES string of the molecule is Cc1cc(C)cc(N(C(C)C(=O)Nc2ccccc2C(F)(F)F)S(C)(=O)=O)c1. The molecule has 0 aliphatic rings. The van der Waals surface area contributed by atoms with Crippen molar-refractivity contribution in [3.63, 3.8) is 0 Å². The third-order valence-corrected chi connectivity index (χ3v) is 5.28. The maximum atomic E-state index is 13.1. The van der Waals surface area contributed by atoms with Crippen molar-refractivity contribution in [3.8, 4) is 0 Å². The Balaban J connectivity index is 2.41. The van der Waals surface area contributed by atoms with Gasteiger partial charge in [-0.1, -0.05) is 18.2 Å². The molecule has 5 nitrogen and oxygen atoms in total. The van der Waals surface area contributed by atoms with Crippen molar-refractivity contribution >= 4 is 27.3 Å². The van der Waals surface area contributed by atoms with Gasteiger partial charge in [-0.2, -0.15) is 13.2 Å². The number of alkyl halides is 3. The first-order chi connectivity index (χ1) is 12.8. The summed E-state index contributed by atoms with van der Waals surface area (Å²) in [7, 11) is -3.88. The second-order valence-electron chi connectivity index (χ2n) is 6.61. The van der Waals surface area contributed by atoms with Crippen LogP contribution < -0.4 is 9.62 Å². The lowest BCUT2D eigenvalue weighted by molar-refractivity contribution is -0.137. The first-order valence-corrected chi connectivity index (χ1v) is 10.2. The highest BCUT2D eigenvalue weighted by Gasteiger charge is 2.35. The van der Waals surface area contributed by atoms with E-state index in [1.54, 1.807) is 26.0 Å². The Labute approximate surface area is 162 Å². The number of benzene rings is 2. The molecular formula is C19H21F3N2O3S. The summed E-state index contributed by atoms with van der Waals surface area (Å²) < 4.78 is 65.0. The number of hydrogen-bond acceptors (Lipinski definition) is 3. The number of carbonyl (C=O) groups excluding carboxylic acids is 1. The minimum Gasteiger partial charge on any atom is -0.324 e. The number of anilines is 2. The van der Waals surface area contributed by atoms with Crippen LogP contribution in [0.4, 0.5) is 24.5 Å². The summed E-state index contributed by atoms with van der Waals surface area (Å²) in [5.74, 6) is -0.874. The lowest BCUT2D eigenvalue weighted by Gasteiger charge is -2.29. The van der Waals surface area contributed by atoms with Crippen molar-refractivity contribution in [2.45, 2.75) is 33.0 Å². The molecule has 0 aliphatic heterocycles. The van der Waals surface area contributed by atoms with Crippen LogP contribution in [0.5, 0.6) is 0 Å². The Kier molecular flexibility index (Phi) is 6.08. The summed E-state index contributed by atoms with van der Waals surface area (Å²) in [5.41, 5.74) is 0.415. The maximum Gasteiger partial charge on any atom is 0.418 e. The van der Waals surface area contributed by atoms with E-state index >= 15 is 0 Å². The Morgan fingerprint density at radius 1 is 1.07 bits per heavy atom. The Hall–Kier alpha value is -2.55. The van der Waals surface area contributed by atoms with E-state index in [-0.39, 0.29) is 5.69 Å². The van der Waals surface area contributed by atoms with Crippen molar-refractivity contribution in [2.75, 3.05) is 15.9 Å². The summed E-state index contributed by atoms with van der Waals surface area (Å²) in [6.07, 6.45) is -3.71. The van der Waals surface area contributed by atoms with Gasteiger partial charge in [0.25, 0.3) is 0 Å². The number of aryl methyl sites for hydroxylation is 2. The number of hydrogen-bond donors (Lipinski definition) is 1. The van der Waals surface area contributed by atoms with E-state index in [9.17, 15) is 26.4 Å². The van der Waals surface area contributed by atoms with Gasteiger partial charge in [0.2, 0.25) is 15.9 Å². The highest BCUT2D eigenvalue weighted by Crippen LogP contribution is 2.35. The summed E-state index contributed by atoms with van der Waals surface area (Å²) in [6, 6.07) is 8.30. The zero-order valence-corrected chi connectivity index (χ0v) is 16.6. The van der Waals surface area contributed by atoms with Crippen LogP contribution in [0.25, 0.3) is 0 Å². The maximum absolute atomic E-state index is 13.1. The number of amides is 1. The van der Waals surface area contributed by atoms with Crippen LogP contribution in [0.3, 0.4) is 0 Å². The molecule has 2 rings (SSSR count). The lowest BCUT2D eigenvalue weighted by atomic mass is 10.1. The van der Waals surface area contributed by atoms with Gasteiger partial charge in [-0.05, 0) is 56.2 Å². The molecule has 1 amide bonds. The van der Waals surface area contributed by atoms with E-state index in [0.29, 0.717) is 0 Å². The van der Waals surface area contributed by atoms with Gasteiger partial charge in [0.05, 0.1) is 23.2 Å². The second-order valence-corrected chi connectivity index (χ2v) is 8.47. The van der Waals surface area contributed by atoms with Crippen LogP contribution in [0.2, 0.25) is 0 Å². The minimum absolute atomic E-state index is 0.270. The highest BCUT2D eigenvalue weighted by molar-refractivity contribution is 7.92. The largest absolute Gasteiger partial charge is 0.418 e. The molecule has 0 aliphatic carbocycles. The van der Waals surface area contributed by atoms with Crippen molar-refractivity contribution in [2.24, 2.45) is 0 Å². The average Bonchev–Trinajstić information content (AvgIpc) is 2.52. The average molecular weight is 414 g/mol. The van der Waals surface area contributed by atoms with Gasteiger partial charge in [0.15, 0.2) is 0 Å². The summed E-state index contributed by atoms with van der Waals surface area (Å²) >= 11 is 0. The van der Waals surface area contributed by atoms with Crippen LogP contribution in [-0.4, -0.2) is 26.6 Å². The molecule has 0 spiro atoms. The van der Waals surface area contributed by atoms with Gasteiger partial charge >= 0.3 is 6.18 Å². The number of sulfonamides is 1. The van der Waals surface area contributed by atoms with Crippen LogP contribution >= 0.6 is 0 Å². The fourth-order valence-corrected chi connectivity index (χ4v) is 4.12. The van der Waals surface area contributed by atoms with E-state index in [1.165, 1.54) is 19.1 Å². The van der Waals surface area contributed by atoms with Crippen LogP contribution in [-0.2, 0) is 21.0 Å². The fourth-order valence-electron chi connectivity index (χ4n) is 2.96. The molecule has 0 bridgehead atoms. The van der Waals surface area contributed by atoms with Gasteiger partial charge in [-0.15, -0.1) is 0 Å². The smallest absolute Gasteiger partial charge is 0.324 e. The number of rotatable bonds is 5. The van der Waals surface area contributed by atoms with Gasteiger partial charge in [0, 0.05) is 0 Å². The molecule has 1 N–H and O–H groups in total. The standard InChI is InChI=1S/C19H21F3N2O3S/c1-12-9-13(2)11-15(10-12)24(28(4,26)27)14(3)18(25)23-17-8-6-5-7-16(17)19(20,21)22/h5-11,14H,1-4H3,(H,23,25). The van der Waals surface area contributed by atoms with E-state index in [4.69, 9.17) is 0 Å². The van der Waals surface area contributed by atoms with E-state index in [1.807, 2.05) is 6.07 Å². The van der Waals surface area contributed by atoms with E-state index in [2.05, 4.69) is 5.32 Å². The van der Waals surface area contributed by atoms with Crippen LogP contribution in [0.1, 0.15) is 23.6 Å². The quantitative estimate of drug-likeness (QED) is 0.801.